The summed E-state index contributed by atoms with van der Waals surface area (Å²) in [5.74, 6) is -1.05. The molecule has 1 amide bonds. The van der Waals surface area contributed by atoms with Crippen LogP contribution in [0.5, 0.6) is 0 Å². The van der Waals surface area contributed by atoms with E-state index in [9.17, 15) is 9.59 Å². The third-order valence-electron chi connectivity index (χ3n) is 2.05. The van der Waals surface area contributed by atoms with Gasteiger partial charge >= 0.3 is 12.1 Å². The smallest absolute Gasteiger partial charge is 0.407 e. The lowest BCUT2D eigenvalue weighted by atomic mass is 10.3. The third kappa shape index (κ3) is 4.83. The molecular formula is C10H15NO6. The number of carbonyl (C=O) groups excluding carboxylic acids is 1. The van der Waals surface area contributed by atoms with Gasteiger partial charge in [-0.2, -0.15) is 0 Å². The molecule has 1 saturated heterocycles. The number of hydrogen-bond donors (Lipinski definition) is 2. The molecule has 96 valence electrons. The zero-order chi connectivity index (χ0) is 12.7. The second-order valence-electron chi connectivity index (χ2n) is 3.38. The van der Waals surface area contributed by atoms with E-state index in [1.54, 1.807) is 0 Å². The average Bonchev–Trinajstić information content (AvgIpc) is 2.34. The Bertz CT molecular complexity index is 285. The van der Waals surface area contributed by atoms with Crippen molar-refractivity contribution >= 4 is 12.1 Å². The van der Waals surface area contributed by atoms with Crippen molar-refractivity contribution < 1.29 is 28.9 Å². The van der Waals surface area contributed by atoms with E-state index in [1.807, 2.05) is 0 Å². The number of hydrogen-bond acceptors (Lipinski definition) is 5. The summed E-state index contributed by atoms with van der Waals surface area (Å²) in [6.45, 7) is 3.85. The number of nitrogens with one attached hydrogen (secondary N) is 1. The molecule has 7 heteroatoms. The molecule has 1 heterocycles. The number of rotatable bonds is 5. The van der Waals surface area contributed by atoms with E-state index in [2.05, 4.69) is 16.6 Å². The summed E-state index contributed by atoms with van der Waals surface area (Å²) in [7, 11) is 0. The highest BCUT2D eigenvalue weighted by molar-refractivity contribution is 5.72. The lowest BCUT2D eigenvalue weighted by Gasteiger charge is -2.27. The first-order chi connectivity index (χ1) is 8.13. The maximum Gasteiger partial charge on any atom is 0.407 e. The number of carboxylic acids is 1. The Morgan fingerprint density at radius 2 is 2.24 bits per heavy atom. The fourth-order valence-corrected chi connectivity index (χ4v) is 1.19. The van der Waals surface area contributed by atoms with Crippen LogP contribution in [0, 0.1) is 0 Å². The lowest BCUT2D eigenvalue weighted by molar-refractivity contribution is -0.174. The lowest BCUT2D eigenvalue weighted by Crippen LogP contribution is -2.45. The molecule has 0 aromatic carbocycles. The van der Waals surface area contributed by atoms with Crippen LogP contribution in [-0.2, 0) is 19.0 Å². The standard InChI is InChI=1S/C10H15NO6/c1-2-3-15-10(14)11-4-7-5-17-8(6-16-7)9(12)13/h2,7-8H,1,3-6H2,(H,11,14)(H,12,13)/t7-,8-/m1/s1. The SMILES string of the molecule is C=CCOC(=O)NC[C@@H]1CO[C@@H](C(=O)O)CO1. The van der Waals surface area contributed by atoms with Crippen molar-refractivity contribution in [3.63, 3.8) is 0 Å². The molecule has 2 atom stereocenters. The van der Waals surface area contributed by atoms with Crippen molar-refractivity contribution in [3.05, 3.63) is 12.7 Å². The van der Waals surface area contributed by atoms with Gasteiger partial charge in [0.1, 0.15) is 6.61 Å². The fourth-order valence-electron chi connectivity index (χ4n) is 1.19. The van der Waals surface area contributed by atoms with Gasteiger partial charge in [0.2, 0.25) is 0 Å². The second-order valence-corrected chi connectivity index (χ2v) is 3.38. The predicted molar refractivity (Wildman–Crippen MR) is 56.7 cm³/mol. The van der Waals surface area contributed by atoms with E-state index in [0.29, 0.717) is 0 Å². The van der Waals surface area contributed by atoms with Gasteiger partial charge in [0, 0.05) is 6.54 Å². The second kappa shape index (κ2) is 6.87. The van der Waals surface area contributed by atoms with Crippen LogP contribution in [0.15, 0.2) is 12.7 Å². The van der Waals surface area contributed by atoms with E-state index in [-0.39, 0.29) is 32.5 Å². The minimum atomic E-state index is -1.05. The first-order valence-corrected chi connectivity index (χ1v) is 5.11. The fraction of sp³-hybridized carbons (Fsp3) is 0.600. The van der Waals surface area contributed by atoms with Gasteiger partial charge in [0.25, 0.3) is 0 Å². The summed E-state index contributed by atoms with van der Waals surface area (Å²) in [5, 5.41) is 11.1. The van der Waals surface area contributed by atoms with Gasteiger partial charge in [-0.15, -0.1) is 0 Å². The van der Waals surface area contributed by atoms with Crippen molar-refractivity contribution in [1.82, 2.24) is 5.32 Å². The number of aliphatic carboxylic acids is 1. The largest absolute Gasteiger partial charge is 0.479 e. The van der Waals surface area contributed by atoms with E-state index in [1.165, 1.54) is 6.08 Å². The van der Waals surface area contributed by atoms with Crippen LogP contribution in [0.1, 0.15) is 0 Å². The molecule has 7 nitrogen and oxygen atoms in total. The zero-order valence-corrected chi connectivity index (χ0v) is 9.26. The molecule has 0 radical (unpaired) electrons. The first kappa shape index (κ1) is 13.5. The zero-order valence-electron chi connectivity index (χ0n) is 9.26. The van der Waals surface area contributed by atoms with Crippen molar-refractivity contribution in [3.8, 4) is 0 Å². The van der Waals surface area contributed by atoms with Crippen molar-refractivity contribution in [1.29, 1.82) is 0 Å². The van der Waals surface area contributed by atoms with Gasteiger partial charge in [0.15, 0.2) is 6.10 Å². The van der Waals surface area contributed by atoms with Crippen LogP contribution >= 0.6 is 0 Å². The van der Waals surface area contributed by atoms with Crippen LogP contribution < -0.4 is 5.32 Å². The Kier molecular flexibility index (Phi) is 5.44. The van der Waals surface area contributed by atoms with Crippen molar-refractivity contribution in [2.24, 2.45) is 0 Å². The van der Waals surface area contributed by atoms with E-state index in [0.717, 1.165) is 0 Å². The quantitative estimate of drug-likeness (QED) is 0.650. The summed E-state index contributed by atoms with van der Waals surface area (Å²) in [4.78, 5) is 21.6. The predicted octanol–water partition coefficient (Wildman–Crippen LogP) is -0.233. The molecule has 0 aliphatic carbocycles. The molecule has 0 aromatic heterocycles. The Morgan fingerprint density at radius 1 is 1.47 bits per heavy atom. The molecular weight excluding hydrogens is 230 g/mol. The molecule has 0 spiro atoms. The topological polar surface area (TPSA) is 94.1 Å². The molecule has 17 heavy (non-hydrogen) atoms. The molecule has 1 aliphatic heterocycles. The van der Waals surface area contributed by atoms with Crippen LogP contribution in [0.25, 0.3) is 0 Å². The van der Waals surface area contributed by atoms with Gasteiger partial charge in [0.05, 0.1) is 19.3 Å². The Hall–Kier alpha value is -1.60. The van der Waals surface area contributed by atoms with E-state index in [4.69, 9.17) is 14.6 Å². The summed E-state index contributed by atoms with van der Waals surface area (Å²) < 4.78 is 14.9. The highest BCUT2D eigenvalue weighted by atomic mass is 16.6. The number of carbonyl (C=O) groups is 2. The molecule has 1 aliphatic rings. The summed E-state index contributed by atoms with van der Waals surface area (Å²) in [6, 6.07) is 0. The maximum absolute atomic E-state index is 11.0. The van der Waals surface area contributed by atoms with E-state index < -0.39 is 18.2 Å². The normalized spacial score (nSPS) is 23.8. The van der Waals surface area contributed by atoms with Gasteiger partial charge in [-0.05, 0) is 0 Å². The average molecular weight is 245 g/mol. The van der Waals surface area contributed by atoms with Crippen LogP contribution in [0.2, 0.25) is 0 Å². The minimum absolute atomic E-state index is 0.0244. The molecule has 2 N–H and O–H groups in total. The van der Waals surface area contributed by atoms with Crippen LogP contribution in [0.4, 0.5) is 4.79 Å². The highest BCUT2D eigenvalue weighted by Gasteiger charge is 2.27. The highest BCUT2D eigenvalue weighted by Crippen LogP contribution is 2.06. The Balaban J connectivity index is 2.15. The summed E-state index contributed by atoms with van der Waals surface area (Å²) in [6.07, 6.45) is -0.410. The Labute approximate surface area is 98.3 Å². The minimum Gasteiger partial charge on any atom is -0.479 e. The van der Waals surface area contributed by atoms with Crippen molar-refractivity contribution in [2.75, 3.05) is 26.4 Å². The van der Waals surface area contributed by atoms with Gasteiger partial charge in [-0.25, -0.2) is 9.59 Å². The number of carboxylic acid groups (broad SMARTS) is 1. The monoisotopic (exact) mass is 245 g/mol. The summed E-state index contributed by atoms with van der Waals surface area (Å²) >= 11 is 0. The molecule has 0 unspecified atom stereocenters. The van der Waals surface area contributed by atoms with Gasteiger partial charge in [-0.3, -0.25) is 0 Å². The van der Waals surface area contributed by atoms with Crippen molar-refractivity contribution in [2.45, 2.75) is 12.2 Å². The molecule has 0 bridgehead atoms. The number of ether oxygens (including phenoxy) is 3. The van der Waals surface area contributed by atoms with Gasteiger partial charge in [-0.1, -0.05) is 12.7 Å². The molecule has 0 saturated carbocycles. The number of amides is 1. The summed E-state index contributed by atoms with van der Waals surface area (Å²) in [5.41, 5.74) is 0. The van der Waals surface area contributed by atoms with E-state index >= 15 is 0 Å². The van der Waals surface area contributed by atoms with Gasteiger partial charge < -0.3 is 24.6 Å². The molecule has 1 rings (SSSR count). The molecule has 0 aromatic rings. The Morgan fingerprint density at radius 3 is 2.76 bits per heavy atom. The van der Waals surface area contributed by atoms with Crippen LogP contribution in [-0.4, -0.2) is 55.7 Å². The maximum atomic E-state index is 11.0. The molecule has 1 fully saturated rings. The first-order valence-electron chi connectivity index (χ1n) is 5.11. The van der Waals surface area contributed by atoms with Crippen LogP contribution in [0.3, 0.4) is 0 Å². The number of alkyl carbamates (subject to hydrolysis) is 1. The third-order valence-corrected chi connectivity index (χ3v) is 2.05.